The summed E-state index contributed by atoms with van der Waals surface area (Å²) in [5.41, 5.74) is 0. The minimum absolute atomic E-state index is 0.168. The summed E-state index contributed by atoms with van der Waals surface area (Å²) in [4.78, 5) is 4.93. The fourth-order valence-corrected chi connectivity index (χ4v) is 2.10. The molecule has 0 saturated carbocycles. The van der Waals surface area contributed by atoms with E-state index in [-0.39, 0.29) is 5.92 Å². The highest BCUT2D eigenvalue weighted by atomic mass is 15.3. The molecule has 1 saturated heterocycles. The Bertz CT molecular complexity index is 211. The first kappa shape index (κ1) is 12.5. The summed E-state index contributed by atoms with van der Waals surface area (Å²) < 4.78 is 0. The monoisotopic (exact) mass is 209 g/mol. The highest BCUT2D eigenvalue weighted by molar-refractivity contribution is 4.83. The van der Waals surface area contributed by atoms with Gasteiger partial charge in [-0.1, -0.05) is 13.8 Å². The predicted molar refractivity (Wildman–Crippen MR) is 62.5 cm³/mol. The molecule has 0 amide bonds. The highest BCUT2D eigenvalue weighted by Crippen LogP contribution is 2.07. The summed E-state index contributed by atoms with van der Waals surface area (Å²) in [6, 6.07) is 2.30. The molecule has 0 radical (unpaired) electrons. The molecule has 1 rings (SSSR count). The lowest BCUT2D eigenvalue weighted by Crippen LogP contribution is -2.48. The summed E-state index contributed by atoms with van der Waals surface area (Å²) >= 11 is 0. The SMILES string of the molecule is CC(C)CN1CCN(CC(C)C#N)CC1. The third kappa shape index (κ3) is 4.63. The maximum absolute atomic E-state index is 8.75. The van der Waals surface area contributed by atoms with Crippen molar-refractivity contribution in [3.8, 4) is 6.07 Å². The molecular formula is C12H23N3. The van der Waals surface area contributed by atoms with Crippen LogP contribution in [-0.2, 0) is 0 Å². The van der Waals surface area contributed by atoms with Crippen molar-refractivity contribution in [1.82, 2.24) is 9.80 Å². The molecule has 0 aromatic heterocycles. The highest BCUT2D eigenvalue weighted by Gasteiger charge is 2.18. The Hall–Kier alpha value is -0.590. The lowest BCUT2D eigenvalue weighted by atomic mass is 10.1. The molecule has 0 aliphatic carbocycles. The Kier molecular flexibility index (Phi) is 5.07. The summed E-state index contributed by atoms with van der Waals surface area (Å²) in [6.07, 6.45) is 0. The second-order valence-corrected chi connectivity index (χ2v) is 5.03. The number of piperazine rings is 1. The predicted octanol–water partition coefficient (Wildman–Crippen LogP) is 1.42. The number of nitrogens with zero attached hydrogens (tertiary/aromatic N) is 3. The Morgan fingerprint density at radius 2 is 1.47 bits per heavy atom. The van der Waals surface area contributed by atoms with Crippen molar-refractivity contribution in [3.63, 3.8) is 0 Å². The molecule has 3 nitrogen and oxygen atoms in total. The topological polar surface area (TPSA) is 30.3 Å². The smallest absolute Gasteiger partial charge is 0.0666 e. The number of rotatable bonds is 4. The minimum Gasteiger partial charge on any atom is -0.301 e. The Morgan fingerprint density at radius 3 is 1.87 bits per heavy atom. The van der Waals surface area contributed by atoms with Crippen molar-refractivity contribution >= 4 is 0 Å². The van der Waals surface area contributed by atoms with Crippen LogP contribution >= 0.6 is 0 Å². The van der Waals surface area contributed by atoms with Crippen molar-refractivity contribution in [3.05, 3.63) is 0 Å². The molecule has 1 aliphatic rings. The molecular weight excluding hydrogens is 186 g/mol. The van der Waals surface area contributed by atoms with Crippen LogP contribution in [0.5, 0.6) is 0 Å². The van der Waals surface area contributed by atoms with Crippen LogP contribution in [0.3, 0.4) is 0 Å². The summed E-state index contributed by atoms with van der Waals surface area (Å²) in [5, 5.41) is 8.75. The first-order valence-corrected chi connectivity index (χ1v) is 5.96. The third-order valence-corrected chi connectivity index (χ3v) is 2.84. The molecule has 1 fully saturated rings. The van der Waals surface area contributed by atoms with Gasteiger partial charge in [0.1, 0.15) is 0 Å². The summed E-state index contributed by atoms with van der Waals surface area (Å²) in [5.74, 6) is 0.927. The van der Waals surface area contributed by atoms with Crippen molar-refractivity contribution in [2.45, 2.75) is 20.8 Å². The second kappa shape index (κ2) is 6.09. The van der Waals surface area contributed by atoms with E-state index in [1.54, 1.807) is 0 Å². The van der Waals surface area contributed by atoms with E-state index >= 15 is 0 Å². The van der Waals surface area contributed by atoms with Crippen LogP contribution in [-0.4, -0.2) is 49.1 Å². The van der Waals surface area contributed by atoms with Crippen LogP contribution in [0.4, 0.5) is 0 Å². The van der Waals surface area contributed by atoms with Crippen molar-refractivity contribution in [2.75, 3.05) is 39.3 Å². The maximum Gasteiger partial charge on any atom is 0.0666 e. The van der Waals surface area contributed by atoms with E-state index < -0.39 is 0 Å². The third-order valence-electron chi connectivity index (χ3n) is 2.84. The van der Waals surface area contributed by atoms with Gasteiger partial charge < -0.3 is 4.90 Å². The van der Waals surface area contributed by atoms with Crippen molar-refractivity contribution in [2.24, 2.45) is 11.8 Å². The second-order valence-electron chi connectivity index (χ2n) is 5.03. The first-order chi connectivity index (χ1) is 7.11. The zero-order valence-corrected chi connectivity index (χ0v) is 10.2. The van der Waals surface area contributed by atoms with Crippen LogP contribution in [0.1, 0.15) is 20.8 Å². The van der Waals surface area contributed by atoms with Gasteiger partial charge in [0.05, 0.1) is 12.0 Å². The van der Waals surface area contributed by atoms with Gasteiger partial charge in [0, 0.05) is 39.3 Å². The van der Waals surface area contributed by atoms with Crippen LogP contribution in [0.15, 0.2) is 0 Å². The van der Waals surface area contributed by atoms with Crippen LogP contribution < -0.4 is 0 Å². The molecule has 0 aromatic carbocycles. The van der Waals surface area contributed by atoms with Gasteiger partial charge in [-0.05, 0) is 12.8 Å². The normalized spacial score (nSPS) is 21.5. The summed E-state index contributed by atoms with van der Waals surface area (Å²) in [6.45, 7) is 13.3. The Morgan fingerprint density at radius 1 is 1.00 bits per heavy atom. The van der Waals surface area contributed by atoms with Gasteiger partial charge in [-0.25, -0.2) is 0 Å². The van der Waals surface area contributed by atoms with Crippen LogP contribution in [0.25, 0.3) is 0 Å². The lowest BCUT2D eigenvalue weighted by Gasteiger charge is -2.35. The van der Waals surface area contributed by atoms with E-state index in [9.17, 15) is 0 Å². The average molecular weight is 209 g/mol. The van der Waals surface area contributed by atoms with Gasteiger partial charge in [0.15, 0.2) is 0 Å². The molecule has 1 heterocycles. The lowest BCUT2D eigenvalue weighted by molar-refractivity contribution is 0.117. The van der Waals surface area contributed by atoms with Crippen LogP contribution in [0, 0.1) is 23.2 Å². The van der Waals surface area contributed by atoms with Gasteiger partial charge in [0.2, 0.25) is 0 Å². The van der Waals surface area contributed by atoms with E-state index in [1.807, 2.05) is 6.92 Å². The molecule has 1 unspecified atom stereocenters. The molecule has 0 bridgehead atoms. The first-order valence-electron chi connectivity index (χ1n) is 5.96. The fraction of sp³-hybridized carbons (Fsp3) is 0.917. The van der Waals surface area contributed by atoms with Gasteiger partial charge in [0.25, 0.3) is 0 Å². The Balaban J connectivity index is 2.21. The van der Waals surface area contributed by atoms with E-state index in [0.717, 1.165) is 38.6 Å². The standard InChI is InChI=1S/C12H23N3/c1-11(2)9-14-4-6-15(7-5-14)10-12(3)8-13/h11-12H,4-7,9-10H2,1-3H3. The average Bonchev–Trinajstić information content (AvgIpc) is 2.20. The summed E-state index contributed by atoms with van der Waals surface area (Å²) in [7, 11) is 0. The molecule has 0 N–H and O–H groups in total. The van der Waals surface area contributed by atoms with Gasteiger partial charge >= 0.3 is 0 Å². The molecule has 0 aromatic rings. The van der Waals surface area contributed by atoms with E-state index in [4.69, 9.17) is 5.26 Å². The largest absolute Gasteiger partial charge is 0.301 e. The quantitative estimate of drug-likeness (QED) is 0.701. The number of hydrogen-bond donors (Lipinski definition) is 0. The van der Waals surface area contributed by atoms with E-state index in [1.165, 1.54) is 6.54 Å². The zero-order valence-electron chi connectivity index (χ0n) is 10.2. The van der Waals surface area contributed by atoms with Crippen LogP contribution in [0.2, 0.25) is 0 Å². The maximum atomic E-state index is 8.75. The molecule has 0 spiro atoms. The number of nitriles is 1. The fourth-order valence-electron chi connectivity index (χ4n) is 2.10. The molecule has 3 heteroatoms. The van der Waals surface area contributed by atoms with Gasteiger partial charge in [-0.15, -0.1) is 0 Å². The zero-order chi connectivity index (χ0) is 11.3. The van der Waals surface area contributed by atoms with Crippen molar-refractivity contribution in [1.29, 1.82) is 5.26 Å². The van der Waals surface area contributed by atoms with Crippen molar-refractivity contribution < 1.29 is 0 Å². The molecule has 86 valence electrons. The molecule has 1 aliphatic heterocycles. The van der Waals surface area contributed by atoms with E-state index in [0.29, 0.717) is 0 Å². The molecule has 15 heavy (non-hydrogen) atoms. The minimum atomic E-state index is 0.168. The number of hydrogen-bond acceptors (Lipinski definition) is 3. The van der Waals surface area contributed by atoms with Gasteiger partial charge in [-0.2, -0.15) is 5.26 Å². The van der Waals surface area contributed by atoms with E-state index in [2.05, 4.69) is 29.7 Å². The van der Waals surface area contributed by atoms with Gasteiger partial charge in [-0.3, -0.25) is 4.90 Å². The Labute approximate surface area is 93.7 Å². The molecule has 1 atom stereocenters.